The number of thiophene rings is 1. The molecule has 0 aliphatic carbocycles. The molecule has 0 atom stereocenters. The first kappa shape index (κ1) is 9.19. The van der Waals surface area contributed by atoms with Gasteiger partial charge in [-0.15, -0.1) is 0 Å². The highest BCUT2D eigenvalue weighted by atomic mass is 32.1. The molecule has 1 fully saturated rings. The Morgan fingerprint density at radius 2 is 2.46 bits per heavy atom. The SMILES string of the molecule is CC1(CNCc2ccsc2)COC1. The minimum Gasteiger partial charge on any atom is -0.380 e. The van der Waals surface area contributed by atoms with Crippen molar-refractivity contribution < 1.29 is 4.74 Å². The molecule has 0 aromatic carbocycles. The summed E-state index contributed by atoms with van der Waals surface area (Å²) in [5.41, 5.74) is 1.77. The maximum atomic E-state index is 5.19. The summed E-state index contributed by atoms with van der Waals surface area (Å²) in [6, 6.07) is 2.16. The zero-order chi connectivity index (χ0) is 9.15. The number of hydrogen-bond acceptors (Lipinski definition) is 3. The number of ether oxygens (including phenoxy) is 1. The molecule has 0 unspecified atom stereocenters. The summed E-state index contributed by atoms with van der Waals surface area (Å²) < 4.78 is 5.19. The molecular weight excluding hydrogens is 182 g/mol. The van der Waals surface area contributed by atoms with E-state index in [1.807, 2.05) is 0 Å². The Hall–Kier alpha value is -0.380. The van der Waals surface area contributed by atoms with Crippen LogP contribution in [-0.4, -0.2) is 19.8 Å². The first-order valence-corrected chi connectivity index (χ1v) is 5.52. The Morgan fingerprint density at radius 3 is 3.00 bits per heavy atom. The van der Waals surface area contributed by atoms with E-state index in [1.54, 1.807) is 11.3 Å². The molecule has 3 heteroatoms. The van der Waals surface area contributed by atoms with Crippen LogP contribution in [0.1, 0.15) is 12.5 Å². The average molecular weight is 197 g/mol. The van der Waals surface area contributed by atoms with Crippen molar-refractivity contribution in [2.75, 3.05) is 19.8 Å². The van der Waals surface area contributed by atoms with Crippen LogP contribution >= 0.6 is 11.3 Å². The molecule has 1 N–H and O–H groups in total. The molecule has 0 radical (unpaired) electrons. The highest BCUT2D eigenvalue weighted by Crippen LogP contribution is 2.25. The lowest BCUT2D eigenvalue weighted by atomic mass is 9.89. The Morgan fingerprint density at radius 1 is 1.62 bits per heavy atom. The van der Waals surface area contributed by atoms with Gasteiger partial charge >= 0.3 is 0 Å². The Kier molecular flexibility index (Phi) is 2.67. The summed E-state index contributed by atoms with van der Waals surface area (Å²) >= 11 is 1.75. The second-order valence-corrected chi connectivity index (χ2v) is 4.82. The summed E-state index contributed by atoms with van der Waals surface area (Å²) in [4.78, 5) is 0. The fraction of sp³-hybridized carbons (Fsp3) is 0.600. The first-order chi connectivity index (χ1) is 6.29. The summed E-state index contributed by atoms with van der Waals surface area (Å²) in [7, 11) is 0. The molecule has 0 saturated carbocycles. The predicted molar refractivity (Wildman–Crippen MR) is 55.0 cm³/mol. The maximum absolute atomic E-state index is 5.19. The van der Waals surface area contributed by atoms with Gasteiger partial charge in [0.2, 0.25) is 0 Å². The molecule has 2 heterocycles. The second-order valence-electron chi connectivity index (χ2n) is 4.04. The molecule has 1 aromatic rings. The summed E-state index contributed by atoms with van der Waals surface area (Å²) in [5, 5.41) is 7.76. The highest BCUT2D eigenvalue weighted by molar-refractivity contribution is 7.07. The van der Waals surface area contributed by atoms with Gasteiger partial charge in [0, 0.05) is 18.5 Å². The smallest absolute Gasteiger partial charge is 0.0554 e. The normalized spacial score (nSPS) is 19.8. The quantitative estimate of drug-likeness (QED) is 0.795. The summed E-state index contributed by atoms with van der Waals surface area (Å²) in [6.07, 6.45) is 0. The lowest BCUT2D eigenvalue weighted by Gasteiger charge is -2.38. The molecule has 1 saturated heterocycles. The van der Waals surface area contributed by atoms with Gasteiger partial charge in [-0.05, 0) is 22.4 Å². The van der Waals surface area contributed by atoms with Crippen molar-refractivity contribution in [1.29, 1.82) is 0 Å². The molecule has 0 amide bonds. The van der Waals surface area contributed by atoms with E-state index in [9.17, 15) is 0 Å². The van der Waals surface area contributed by atoms with Gasteiger partial charge in [0.25, 0.3) is 0 Å². The van der Waals surface area contributed by atoms with Crippen molar-refractivity contribution in [3.8, 4) is 0 Å². The molecule has 1 aromatic heterocycles. The van der Waals surface area contributed by atoms with E-state index in [4.69, 9.17) is 4.74 Å². The van der Waals surface area contributed by atoms with Crippen LogP contribution in [0.25, 0.3) is 0 Å². The van der Waals surface area contributed by atoms with E-state index >= 15 is 0 Å². The lowest BCUT2D eigenvalue weighted by Crippen LogP contribution is -2.47. The maximum Gasteiger partial charge on any atom is 0.0554 e. The zero-order valence-corrected chi connectivity index (χ0v) is 8.69. The average Bonchev–Trinajstić information content (AvgIpc) is 2.54. The molecule has 1 aliphatic rings. The van der Waals surface area contributed by atoms with Crippen LogP contribution in [0.3, 0.4) is 0 Å². The van der Waals surface area contributed by atoms with Crippen LogP contribution in [-0.2, 0) is 11.3 Å². The van der Waals surface area contributed by atoms with E-state index in [1.165, 1.54) is 5.56 Å². The third-order valence-corrected chi connectivity index (χ3v) is 3.09. The molecular formula is C10H15NOS. The first-order valence-electron chi connectivity index (χ1n) is 4.58. The second kappa shape index (κ2) is 3.78. The molecule has 0 spiro atoms. The monoisotopic (exact) mass is 197 g/mol. The van der Waals surface area contributed by atoms with Gasteiger partial charge in [0.15, 0.2) is 0 Å². The van der Waals surface area contributed by atoms with Crippen LogP contribution in [0.2, 0.25) is 0 Å². The van der Waals surface area contributed by atoms with Crippen molar-refractivity contribution in [2.45, 2.75) is 13.5 Å². The van der Waals surface area contributed by atoms with Crippen molar-refractivity contribution in [3.63, 3.8) is 0 Å². The predicted octanol–water partition coefficient (Wildman–Crippen LogP) is 1.87. The number of rotatable bonds is 4. The van der Waals surface area contributed by atoms with Crippen LogP contribution < -0.4 is 5.32 Å². The molecule has 1 aliphatic heterocycles. The third kappa shape index (κ3) is 2.30. The molecule has 2 nitrogen and oxygen atoms in total. The fourth-order valence-electron chi connectivity index (χ4n) is 1.45. The van der Waals surface area contributed by atoms with Gasteiger partial charge in [0.05, 0.1) is 13.2 Å². The van der Waals surface area contributed by atoms with Crippen molar-refractivity contribution in [3.05, 3.63) is 22.4 Å². The van der Waals surface area contributed by atoms with Gasteiger partial charge in [-0.1, -0.05) is 6.92 Å². The van der Waals surface area contributed by atoms with Crippen LogP contribution in [0.4, 0.5) is 0 Å². The van der Waals surface area contributed by atoms with Crippen molar-refractivity contribution >= 4 is 11.3 Å². The van der Waals surface area contributed by atoms with Crippen molar-refractivity contribution in [1.82, 2.24) is 5.32 Å². The Bertz CT molecular complexity index is 254. The Balaban J connectivity index is 1.69. The van der Waals surface area contributed by atoms with Gasteiger partial charge in [0.1, 0.15) is 0 Å². The largest absolute Gasteiger partial charge is 0.380 e. The fourth-order valence-corrected chi connectivity index (χ4v) is 2.12. The van der Waals surface area contributed by atoms with Gasteiger partial charge in [-0.3, -0.25) is 0 Å². The molecule has 13 heavy (non-hydrogen) atoms. The third-order valence-electron chi connectivity index (χ3n) is 2.36. The zero-order valence-electron chi connectivity index (χ0n) is 7.88. The summed E-state index contributed by atoms with van der Waals surface area (Å²) in [6.45, 7) is 6.12. The van der Waals surface area contributed by atoms with E-state index < -0.39 is 0 Å². The van der Waals surface area contributed by atoms with E-state index in [0.29, 0.717) is 5.41 Å². The summed E-state index contributed by atoms with van der Waals surface area (Å²) in [5.74, 6) is 0. The van der Waals surface area contributed by atoms with Gasteiger partial charge in [-0.25, -0.2) is 0 Å². The van der Waals surface area contributed by atoms with E-state index in [0.717, 1.165) is 26.3 Å². The molecule has 72 valence electrons. The van der Waals surface area contributed by atoms with Crippen LogP contribution in [0.15, 0.2) is 16.8 Å². The number of hydrogen-bond donors (Lipinski definition) is 1. The van der Waals surface area contributed by atoms with Crippen LogP contribution in [0, 0.1) is 5.41 Å². The molecule has 2 rings (SSSR count). The van der Waals surface area contributed by atoms with Gasteiger partial charge in [-0.2, -0.15) is 11.3 Å². The Labute approximate surface area is 82.9 Å². The minimum absolute atomic E-state index is 0.385. The molecule has 0 bridgehead atoms. The van der Waals surface area contributed by atoms with Gasteiger partial charge < -0.3 is 10.1 Å². The topological polar surface area (TPSA) is 21.3 Å². The minimum atomic E-state index is 0.385. The van der Waals surface area contributed by atoms with E-state index in [2.05, 4.69) is 29.1 Å². The standard InChI is InChI=1S/C10H15NOS/c1-10(7-12-8-10)6-11-4-9-2-3-13-5-9/h2-3,5,11H,4,6-8H2,1H3. The lowest BCUT2D eigenvalue weighted by molar-refractivity contribution is -0.0991. The van der Waals surface area contributed by atoms with E-state index in [-0.39, 0.29) is 0 Å². The number of nitrogens with one attached hydrogen (secondary N) is 1. The van der Waals surface area contributed by atoms with Crippen molar-refractivity contribution in [2.24, 2.45) is 5.41 Å². The highest BCUT2D eigenvalue weighted by Gasteiger charge is 2.32. The van der Waals surface area contributed by atoms with Crippen LogP contribution in [0.5, 0.6) is 0 Å².